The van der Waals surface area contributed by atoms with Crippen molar-refractivity contribution in [1.29, 1.82) is 0 Å². The maximum atomic E-state index is 12.9. The maximum Gasteiger partial charge on any atom is 0.417 e. The Bertz CT molecular complexity index is 695. The Morgan fingerprint density at radius 2 is 2.05 bits per heavy atom. The highest BCUT2D eigenvalue weighted by Crippen LogP contribution is 2.36. The summed E-state index contributed by atoms with van der Waals surface area (Å²) in [4.78, 5) is 12.4. The number of ketones is 1. The van der Waals surface area contributed by atoms with Gasteiger partial charge in [0.15, 0.2) is 11.4 Å². The van der Waals surface area contributed by atoms with Crippen molar-refractivity contribution in [2.75, 3.05) is 7.11 Å². The Labute approximate surface area is 126 Å². The third kappa shape index (κ3) is 2.94. The van der Waals surface area contributed by atoms with E-state index in [0.29, 0.717) is 0 Å². The lowest BCUT2D eigenvalue weighted by Crippen LogP contribution is -2.12. The molecule has 4 nitrogen and oxygen atoms in total. The van der Waals surface area contributed by atoms with E-state index >= 15 is 0 Å². The second kappa shape index (κ2) is 5.51. The predicted octanol–water partition coefficient (Wildman–Crippen LogP) is 3.44. The molecule has 8 heteroatoms. The third-order valence-corrected chi connectivity index (χ3v) is 3.57. The minimum absolute atomic E-state index is 0.0903. The SMILES string of the molecule is COc1cnn(C)c1C(=O)c1ccc(Br)c(C(F)(F)F)c1. The monoisotopic (exact) mass is 362 g/mol. The fraction of sp³-hybridized carbons (Fsp3) is 0.231. The second-order valence-electron chi connectivity index (χ2n) is 4.21. The van der Waals surface area contributed by atoms with E-state index in [0.717, 1.165) is 6.07 Å². The number of carbonyl (C=O) groups is 1. The van der Waals surface area contributed by atoms with Crippen LogP contribution in [0.1, 0.15) is 21.6 Å². The van der Waals surface area contributed by atoms with E-state index in [1.807, 2.05) is 0 Å². The molecule has 0 radical (unpaired) electrons. The van der Waals surface area contributed by atoms with Crippen LogP contribution in [-0.4, -0.2) is 22.7 Å². The lowest BCUT2D eigenvalue weighted by atomic mass is 10.0. The van der Waals surface area contributed by atoms with E-state index < -0.39 is 17.5 Å². The lowest BCUT2D eigenvalue weighted by Gasteiger charge is -2.11. The van der Waals surface area contributed by atoms with Crippen molar-refractivity contribution in [2.45, 2.75) is 6.18 Å². The molecule has 0 atom stereocenters. The number of hydrogen-bond donors (Lipinski definition) is 0. The number of hydrogen-bond acceptors (Lipinski definition) is 3. The van der Waals surface area contributed by atoms with Gasteiger partial charge in [-0.25, -0.2) is 0 Å². The molecule has 1 aromatic heterocycles. The van der Waals surface area contributed by atoms with Crippen LogP contribution in [0, 0.1) is 0 Å². The highest BCUT2D eigenvalue weighted by atomic mass is 79.9. The number of aryl methyl sites for hydroxylation is 1. The number of nitrogens with zero attached hydrogens (tertiary/aromatic N) is 2. The highest BCUT2D eigenvalue weighted by Gasteiger charge is 2.34. The molecule has 0 amide bonds. The van der Waals surface area contributed by atoms with Crippen LogP contribution in [0.5, 0.6) is 5.75 Å². The molecule has 0 N–H and O–H groups in total. The second-order valence-corrected chi connectivity index (χ2v) is 5.06. The number of ether oxygens (including phenoxy) is 1. The molecule has 0 fully saturated rings. The maximum absolute atomic E-state index is 12.9. The first-order valence-electron chi connectivity index (χ1n) is 5.73. The molecule has 112 valence electrons. The Hall–Kier alpha value is -1.83. The van der Waals surface area contributed by atoms with Gasteiger partial charge >= 0.3 is 6.18 Å². The molecule has 1 aromatic carbocycles. The number of carbonyl (C=O) groups excluding carboxylic acids is 1. The number of benzene rings is 1. The van der Waals surface area contributed by atoms with Gasteiger partial charge in [-0.1, -0.05) is 15.9 Å². The van der Waals surface area contributed by atoms with Crippen LogP contribution in [-0.2, 0) is 13.2 Å². The molecule has 0 aliphatic carbocycles. The molecule has 0 aliphatic rings. The van der Waals surface area contributed by atoms with Gasteiger partial charge in [0.25, 0.3) is 0 Å². The quantitative estimate of drug-likeness (QED) is 0.785. The van der Waals surface area contributed by atoms with Gasteiger partial charge in [-0.3, -0.25) is 9.48 Å². The first kappa shape index (κ1) is 15.6. The molecule has 21 heavy (non-hydrogen) atoms. The van der Waals surface area contributed by atoms with E-state index in [2.05, 4.69) is 21.0 Å². The molecule has 0 unspecified atom stereocenters. The topological polar surface area (TPSA) is 44.1 Å². The van der Waals surface area contributed by atoms with Crippen molar-refractivity contribution >= 4 is 21.7 Å². The van der Waals surface area contributed by atoms with Gasteiger partial charge in [-0.05, 0) is 18.2 Å². The summed E-state index contributed by atoms with van der Waals surface area (Å²) in [5.41, 5.74) is -0.908. The fourth-order valence-electron chi connectivity index (χ4n) is 1.85. The van der Waals surface area contributed by atoms with Crippen molar-refractivity contribution in [3.63, 3.8) is 0 Å². The van der Waals surface area contributed by atoms with Crippen molar-refractivity contribution < 1.29 is 22.7 Å². The van der Waals surface area contributed by atoms with Crippen LogP contribution < -0.4 is 4.74 Å². The molecular weight excluding hydrogens is 353 g/mol. The number of halogens is 4. The summed E-state index contributed by atoms with van der Waals surface area (Å²) in [6.07, 6.45) is -3.22. The minimum Gasteiger partial charge on any atom is -0.493 e. The summed E-state index contributed by atoms with van der Waals surface area (Å²) in [5, 5.41) is 3.86. The zero-order valence-electron chi connectivity index (χ0n) is 11.0. The first-order chi connectivity index (χ1) is 9.75. The standard InChI is InChI=1S/C13H10BrF3N2O2/c1-19-11(10(21-2)6-18-19)12(20)7-3-4-9(14)8(5-7)13(15,16)17/h3-6H,1-2H3. The van der Waals surface area contributed by atoms with E-state index in [4.69, 9.17) is 4.74 Å². The van der Waals surface area contributed by atoms with Crippen molar-refractivity contribution in [2.24, 2.45) is 7.05 Å². The molecule has 0 saturated heterocycles. The Balaban J connectivity index is 2.52. The zero-order valence-corrected chi connectivity index (χ0v) is 12.6. The average molecular weight is 363 g/mol. The normalized spacial score (nSPS) is 11.5. The molecule has 0 bridgehead atoms. The van der Waals surface area contributed by atoms with Gasteiger partial charge in [0.05, 0.1) is 18.9 Å². The smallest absolute Gasteiger partial charge is 0.417 e. The van der Waals surface area contributed by atoms with Crippen LogP contribution in [0.4, 0.5) is 13.2 Å². The summed E-state index contributed by atoms with van der Waals surface area (Å²) in [5.74, 6) is -0.385. The Morgan fingerprint density at radius 1 is 1.38 bits per heavy atom. The van der Waals surface area contributed by atoms with E-state index in [1.165, 1.54) is 37.2 Å². The molecule has 1 heterocycles. The van der Waals surface area contributed by atoms with Gasteiger partial charge in [0.1, 0.15) is 0 Å². The van der Waals surface area contributed by atoms with Crippen molar-refractivity contribution in [3.05, 3.63) is 45.7 Å². The first-order valence-corrected chi connectivity index (χ1v) is 6.52. The van der Waals surface area contributed by atoms with Gasteiger partial charge in [0, 0.05) is 17.1 Å². The van der Waals surface area contributed by atoms with Crippen LogP contribution in [0.25, 0.3) is 0 Å². The van der Waals surface area contributed by atoms with E-state index in [9.17, 15) is 18.0 Å². The zero-order chi connectivity index (χ0) is 15.8. The van der Waals surface area contributed by atoms with Crippen LogP contribution in [0.15, 0.2) is 28.9 Å². The Morgan fingerprint density at radius 3 is 2.62 bits per heavy atom. The third-order valence-electron chi connectivity index (χ3n) is 2.87. The summed E-state index contributed by atoms with van der Waals surface area (Å²) in [7, 11) is 2.87. The number of rotatable bonds is 3. The molecule has 0 aliphatic heterocycles. The van der Waals surface area contributed by atoms with Crippen molar-refractivity contribution in [1.82, 2.24) is 9.78 Å². The average Bonchev–Trinajstić information content (AvgIpc) is 2.78. The fourth-order valence-corrected chi connectivity index (χ4v) is 2.32. The molecular formula is C13H10BrF3N2O2. The minimum atomic E-state index is -4.55. The molecule has 2 aromatic rings. The summed E-state index contributed by atoms with van der Waals surface area (Å²) < 4.78 is 44.8. The summed E-state index contributed by atoms with van der Waals surface area (Å²) in [6, 6.07) is 3.31. The number of methoxy groups -OCH3 is 1. The lowest BCUT2D eigenvalue weighted by molar-refractivity contribution is -0.138. The van der Waals surface area contributed by atoms with E-state index in [-0.39, 0.29) is 21.5 Å². The summed E-state index contributed by atoms with van der Waals surface area (Å²) >= 11 is 2.83. The van der Waals surface area contributed by atoms with Gasteiger partial charge in [-0.15, -0.1) is 0 Å². The van der Waals surface area contributed by atoms with Gasteiger partial charge < -0.3 is 4.74 Å². The Kier molecular flexibility index (Phi) is 4.08. The molecule has 0 saturated carbocycles. The molecule has 0 spiro atoms. The van der Waals surface area contributed by atoms with Crippen molar-refractivity contribution in [3.8, 4) is 5.75 Å². The summed E-state index contributed by atoms with van der Waals surface area (Å²) in [6.45, 7) is 0. The number of alkyl halides is 3. The largest absolute Gasteiger partial charge is 0.493 e. The van der Waals surface area contributed by atoms with E-state index in [1.54, 1.807) is 0 Å². The number of aromatic nitrogens is 2. The predicted molar refractivity (Wildman–Crippen MR) is 72.3 cm³/mol. The van der Waals surface area contributed by atoms with Gasteiger partial charge in [0.2, 0.25) is 5.78 Å². The highest BCUT2D eigenvalue weighted by molar-refractivity contribution is 9.10. The van der Waals surface area contributed by atoms with Crippen LogP contribution in [0.2, 0.25) is 0 Å². The molecule has 2 rings (SSSR count). The van der Waals surface area contributed by atoms with Crippen LogP contribution >= 0.6 is 15.9 Å². The van der Waals surface area contributed by atoms with Gasteiger partial charge in [-0.2, -0.15) is 18.3 Å². The van der Waals surface area contributed by atoms with Crippen LogP contribution in [0.3, 0.4) is 0 Å².